The summed E-state index contributed by atoms with van der Waals surface area (Å²) in [4.78, 5) is 15.4. The van der Waals surface area contributed by atoms with Crippen LogP contribution >= 0.6 is 0 Å². The smallest absolute Gasteiger partial charge is 0.255 e. The van der Waals surface area contributed by atoms with Crippen molar-refractivity contribution < 1.29 is 19.0 Å². The van der Waals surface area contributed by atoms with Crippen molar-refractivity contribution in [3.8, 4) is 17.2 Å². The van der Waals surface area contributed by atoms with Crippen LogP contribution in [0.5, 0.6) is 17.2 Å². The Balaban J connectivity index is 2.10. The minimum Gasteiger partial charge on any atom is -0.493 e. The van der Waals surface area contributed by atoms with Crippen molar-refractivity contribution in [2.45, 2.75) is 13.5 Å². The van der Waals surface area contributed by atoms with Crippen molar-refractivity contribution in [1.29, 1.82) is 0 Å². The second-order valence-corrected chi connectivity index (χ2v) is 5.79. The van der Waals surface area contributed by atoms with Crippen molar-refractivity contribution in [2.24, 2.45) is 10.7 Å². The van der Waals surface area contributed by atoms with Gasteiger partial charge in [0.05, 0.1) is 20.8 Å². The van der Waals surface area contributed by atoms with Crippen LogP contribution < -0.4 is 30.6 Å². The van der Waals surface area contributed by atoms with Gasteiger partial charge in [0.1, 0.15) is 5.75 Å². The number of rotatable bonds is 9. The van der Waals surface area contributed by atoms with Crippen molar-refractivity contribution in [1.82, 2.24) is 5.32 Å². The second-order valence-electron chi connectivity index (χ2n) is 5.79. The maximum absolute atomic E-state index is 10.8. The molecule has 2 aromatic carbocycles. The Morgan fingerprint density at radius 1 is 1.11 bits per heavy atom. The monoisotopic (exact) mass is 386 g/mol. The highest BCUT2D eigenvalue weighted by atomic mass is 16.5. The molecule has 0 unspecified atom stereocenters. The number of anilines is 1. The van der Waals surface area contributed by atoms with Gasteiger partial charge in [-0.3, -0.25) is 4.79 Å². The number of benzene rings is 2. The topological polar surface area (TPSA) is 107 Å². The molecule has 0 fully saturated rings. The molecule has 2 aromatic rings. The summed E-state index contributed by atoms with van der Waals surface area (Å²) in [5.74, 6) is 1.96. The summed E-state index contributed by atoms with van der Waals surface area (Å²) in [5, 5.41) is 6.44. The fourth-order valence-corrected chi connectivity index (χ4v) is 2.42. The first-order chi connectivity index (χ1) is 13.5. The minimum atomic E-state index is -0.517. The Kier molecular flexibility index (Phi) is 7.95. The number of nitrogens with two attached hydrogens (primary N) is 1. The summed E-state index contributed by atoms with van der Waals surface area (Å²) in [6, 6.07) is 12.9. The van der Waals surface area contributed by atoms with Gasteiger partial charge in [-0.05, 0) is 36.8 Å². The molecular weight excluding hydrogens is 360 g/mol. The van der Waals surface area contributed by atoms with Gasteiger partial charge in [-0.1, -0.05) is 12.1 Å². The lowest BCUT2D eigenvalue weighted by Crippen LogP contribution is -2.30. The van der Waals surface area contributed by atoms with Gasteiger partial charge in [-0.15, -0.1) is 0 Å². The molecule has 0 saturated carbocycles. The van der Waals surface area contributed by atoms with Gasteiger partial charge in [-0.2, -0.15) is 0 Å². The highest BCUT2D eigenvalue weighted by molar-refractivity contribution is 5.93. The maximum Gasteiger partial charge on any atom is 0.255 e. The van der Waals surface area contributed by atoms with Gasteiger partial charge in [0.15, 0.2) is 24.1 Å². The molecule has 8 nitrogen and oxygen atoms in total. The number of aliphatic imine (C=N–C) groups is 1. The molecule has 0 aliphatic heterocycles. The number of hydrogen-bond donors (Lipinski definition) is 3. The molecule has 1 amide bonds. The summed E-state index contributed by atoms with van der Waals surface area (Å²) in [6.07, 6.45) is 0. The van der Waals surface area contributed by atoms with Crippen LogP contribution in [0, 0.1) is 0 Å². The van der Waals surface area contributed by atoms with Crippen molar-refractivity contribution in [2.75, 3.05) is 32.7 Å². The Morgan fingerprint density at radius 2 is 1.89 bits per heavy atom. The molecule has 150 valence electrons. The molecule has 0 bridgehead atoms. The van der Waals surface area contributed by atoms with Crippen LogP contribution in [-0.2, 0) is 11.3 Å². The largest absolute Gasteiger partial charge is 0.493 e. The molecule has 0 radical (unpaired) electrons. The van der Waals surface area contributed by atoms with E-state index in [4.69, 9.17) is 19.9 Å². The zero-order valence-corrected chi connectivity index (χ0v) is 16.3. The lowest BCUT2D eigenvalue weighted by Gasteiger charge is -2.14. The van der Waals surface area contributed by atoms with E-state index in [0.717, 1.165) is 11.3 Å². The summed E-state index contributed by atoms with van der Waals surface area (Å²) in [6.45, 7) is 2.97. The van der Waals surface area contributed by atoms with E-state index in [2.05, 4.69) is 15.6 Å². The van der Waals surface area contributed by atoms with E-state index < -0.39 is 5.91 Å². The molecule has 0 atom stereocenters. The van der Waals surface area contributed by atoms with Gasteiger partial charge in [-0.25, -0.2) is 4.99 Å². The van der Waals surface area contributed by atoms with E-state index >= 15 is 0 Å². The molecular formula is C20H26N4O4. The Bertz CT molecular complexity index is 824. The fraction of sp³-hybridized carbons (Fsp3) is 0.300. The fourth-order valence-electron chi connectivity index (χ4n) is 2.42. The molecule has 4 N–H and O–H groups in total. The van der Waals surface area contributed by atoms with E-state index in [1.54, 1.807) is 20.3 Å². The number of nitrogens with one attached hydrogen (secondary N) is 2. The first kappa shape index (κ1) is 20.9. The SMILES string of the molecule is CCNC(=NCc1cccc(OCC(N)=O)c1)Nc1ccc(OC)c(OC)c1. The van der Waals surface area contributed by atoms with Crippen molar-refractivity contribution in [3.63, 3.8) is 0 Å². The number of carbonyl (C=O) groups is 1. The van der Waals surface area contributed by atoms with E-state index in [1.807, 2.05) is 43.3 Å². The Hall–Kier alpha value is -3.42. The minimum absolute atomic E-state index is 0.157. The first-order valence-electron chi connectivity index (χ1n) is 8.83. The molecule has 8 heteroatoms. The number of guanidine groups is 1. The van der Waals surface area contributed by atoms with Gasteiger partial charge in [0.25, 0.3) is 5.91 Å². The molecule has 0 aromatic heterocycles. The Labute approximate surface area is 164 Å². The third kappa shape index (κ3) is 6.39. The standard InChI is InChI=1S/C20H26N4O4/c1-4-22-20(24-15-8-9-17(26-2)18(11-15)27-3)23-12-14-6-5-7-16(10-14)28-13-19(21)25/h5-11H,4,12-13H2,1-3H3,(H2,21,25)(H2,22,23,24). The zero-order chi connectivity index (χ0) is 20.4. The van der Waals surface area contributed by atoms with Crippen LogP contribution in [0.1, 0.15) is 12.5 Å². The summed E-state index contributed by atoms with van der Waals surface area (Å²) in [7, 11) is 3.19. The van der Waals surface area contributed by atoms with Crippen LogP contribution in [0.3, 0.4) is 0 Å². The van der Waals surface area contributed by atoms with Crippen LogP contribution in [0.15, 0.2) is 47.5 Å². The number of methoxy groups -OCH3 is 2. The predicted octanol–water partition coefficient (Wildman–Crippen LogP) is 2.15. The molecule has 0 saturated heterocycles. The first-order valence-corrected chi connectivity index (χ1v) is 8.83. The number of carbonyl (C=O) groups excluding carboxylic acids is 1. The lowest BCUT2D eigenvalue weighted by molar-refractivity contribution is -0.119. The number of amides is 1. The molecule has 0 aliphatic carbocycles. The average Bonchev–Trinajstić information content (AvgIpc) is 2.71. The molecule has 0 heterocycles. The van der Waals surface area contributed by atoms with Crippen LogP contribution in [0.2, 0.25) is 0 Å². The Morgan fingerprint density at radius 3 is 2.57 bits per heavy atom. The quantitative estimate of drug-likeness (QED) is 0.450. The highest BCUT2D eigenvalue weighted by Crippen LogP contribution is 2.29. The molecule has 0 aliphatic rings. The molecule has 0 spiro atoms. The van der Waals surface area contributed by atoms with Gasteiger partial charge >= 0.3 is 0 Å². The third-order valence-electron chi connectivity index (χ3n) is 3.69. The second kappa shape index (κ2) is 10.7. The lowest BCUT2D eigenvalue weighted by atomic mass is 10.2. The van der Waals surface area contributed by atoms with E-state index in [0.29, 0.717) is 36.3 Å². The van der Waals surface area contributed by atoms with Crippen molar-refractivity contribution in [3.05, 3.63) is 48.0 Å². The average molecular weight is 386 g/mol. The predicted molar refractivity (Wildman–Crippen MR) is 109 cm³/mol. The van der Waals surface area contributed by atoms with Crippen LogP contribution in [-0.4, -0.2) is 39.2 Å². The molecule has 28 heavy (non-hydrogen) atoms. The van der Waals surface area contributed by atoms with Crippen molar-refractivity contribution >= 4 is 17.6 Å². The van der Waals surface area contributed by atoms with Gasteiger partial charge in [0.2, 0.25) is 0 Å². The summed E-state index contributed by atoms with van der Waals surface area (Å²) < 4.78 is 15.9. The highest BCUT2D eigenvalue weighted by Gasteiger charge is 2.06. The van der Waals surface area contributed by atoms with Gasteiger partial charge < -0.3 is 30.6 Å². The number of ether oxygens (including phenoxy) is 3. The summed E-state index contributed by atoms with van der Waals surface area (Å²) in [5.41, 5.74) is 6.86. The molecule has 2 rings (SSSR count). The third-order valence-corrected chi connectivity index (χ3v) is 3.69. The zero-order valence-electron chi connectivity index (χ0n) is 16.3. The van der Waals surface area contributed by atoms with E-state index in [9.17, 15) is 4.79 Å². The normalized spacial score (nSPS) is 10.9. The van der Waals surface area contributed by atoms with E-state index in [1.165, 1.54) is 0 Å². The number of hydrogen-bond acceptors (Lipinski definition) is 5. The van der Waals surface area contributed by atoms with Gasteiger partial charge in [0, 0.05) is 18.3 Å². The number of nitrogens with zero attached hydrogens (tertiary/aromatic N) is 1. The summed E-state index contributed by atoms with van der Waals surface area (Å²) >= 11 is 0. The maximum atomic E-state index is 10.8. The van der Waals surface area contributed by atoms with E-state index in [-0.39, 0.29) is 6.61 Å². The number of primary amides is 1. The van der Waals surface area contributed by atoms with Crippen LogP contribution in [0.25, 0.3) is 0 Å². The van der Waals surface area contributed by atoms with Crippen LogP contribution in [0.4, 0.5) is 5.69 Å².